The number of hydrogen-bond donors (Lipinski definition) is 1. The summed E-state index contributed by atoms with van der Waals surface area (Å²) in [6, 6.07) is 6.31. The van der Waals surface area contributed by atoms with Crippen LogP contribution < -0.4 is 14.8 Å². The molecule has 0 amide bonds. The largest absolute Gasteiger partial charge is 0.490 e. The number of nitrogens with one attached hydrogen (secondary N) is 1. The summed E-state index contributed by atoms with van der Waals surface area (Å²) >= 11 is 0. The molecule has 1 N–H and O–H groups in total. The summed E-state index contributed by atoms with van der Waals surface area (Å²) in [6.45, 7) is 4.79. The maximum Gasteiger partial charge on any atom is 0.161 e. The van der Waals surface area contributed by atoms with Gasteiger partial charge in [-0.1, -0.05) is 13.0 Å². The third-order valence-electron chi connectivity index (χ3n) is 3.17. The lowest BCUT2D eigenvalue weighted by Gasteiger charge is -2.14. The molecule has 1 unspecified atom stereocenters. The number of rotatable bonds is 4. The molecule has 0 radical (unpaired) electrons. The van der Waals surface area contributed by atoms with Gasteiger partial charge in [0.25, 0.3) is 0 Å². The van der Waals surface area contributed by atoms with Gasteiger partial charge in [-0.2, -0.15) is 0 Å². The van der Waals surface area contributed by atoms with Crippen molar-refractivity contribution in [3.8, 4) is 11.5 Å². The molecule has 2 rings (SSSR count). The highest BCUT2D eigenvalue weighted by atomic mass is 16.5. The van der Waals surface area contributed by atoms with Crippen molar-refractivity contribution in [3.63, 3.8) is 0 Å². The predicted molar refractivity (Wildman–Crippen MR) is 69.0 cm³/mol. The third kappa shape index (κ3) is 3.13. The van der Waals surface area contributed by atoms with E-state index in [0.717, 1.165) is 44.1 Å². The van der Waals surface area contributed by atoms with Gasteiger partial charge in [0.1, 0.15) is 0 Å². The minimum Gasteiger partial charge on any atom is -0.490 e. The SMILES string of the molecule is CNCCC(C)c1ccc2c(c1)OCCCO2. The molecule has 1 aliphatic rings. The van der Waals surface area contributed by atoms with Gasteiger partial charge in [0, 0.05) is 6.42 Å². The van der Waals surface area contributed by atoms with Crippen LogP contribution in [-0.4, -0.2) is 26.8 Å². The Kier molecular flexibility index (Phi) is 4.26. The Morgan fingerprint density at radius 3 is 2.76 bits per heavy atom. The van der Waals surface area contributed by atoms with E-state index in [1.54, 1.807) is 0 Å². The maximum atomic E-state index is 5.70. The first-order chi connectivity index (χ1) is 8.31. The molecule has 0 saturated carbocycles. The molecule has 1 aliphatic heterocycles. The average Bonchev–Trinajstić information content (AvgIpc) is 2.60. The summed E-state index contributed by atoms with van der Waals surface area (Å²) in [7, 11) is 1.99. The van der Waals surface area contributed by atoms with Gasteiger partial charge >= 0.3 is 0 Å². The fourth-order valence-electron chi connectivity index (χ4n) is 2.01. The van der Waals surface area contributed by atoms with E-state index in [-0.39, 0.29) is 0 Å². The van der Waals surface area contributed by atoms with E-state index in [0.29, 0.717) is 5.92 Å². The van der Waals surface area contributed by atoms with Crippen molar-refractivity contribution < 1.29 is 9.47 Å². The maximum absolute atomic E-state index is 5.70. The van der Waals surface area contributed by atoms with Crippen molar-refractivity contribution in [1.29, 1.82) is 0 Å². The number of fused-ring (bicyclic) bond motifs is 1. The summed E-state index contributed by atoms with van der Waals surface area (Å²) in [4.78, 5) is 0. The van der Waals surface area contributed by atoms with Crippen molar-refractivity contribution in [2.45, 2.75) is 25.7 Å². The monoisotopic (exact) mass is 235 g/mol. The van der Waals surface area contributed by atoms with Crippen LogP contribution in [0.15, 0.2) is 18.2 Å². The molecule has 0 fully saturated rings. The van der Waals surface area contributed by atoms with E-state index in [1.165, 1.54) is 5.56 Å². The van der Waals surface area contributed by atoms with Crippen LogP contribution in [0.4, 0.5) is 0 Å². The van der Waals surface area contributed by atoms with Crippen molar-refractivity contribution in [2.75, 3.05) is 26.8 Å². The zero-order valence-electron chi connectivity index (χ0n) is 10.7. The first-order valence-electron chi connectivity index (χ1n) is 6.35. The summed E-state index contributed by atoms with van der Waals surface area (Å²) in [6.07, 6.45) is 2.09. The molecule has 1 aromatic rings. The van der Waals surface area contributed by atoms with Gasteiger partial charge in [0.05, 0.1) is 13.2 Å². The first-order valence-corrected chi connectivity index (χ1v) is 6.35. The highest BCUT2D eigenvalue weighted by Crippen LogP contribution is 2.33. The highest BCUT2D eigenvalue weighted by molar-refractivity contribution is 5.44. The van der Waals surface area contributed by atoms with Crippen LogP contribution in [0, 0.1) is 0 Å². The van der Waals surface area contributed by atoms with Gasteiger partial charge in [-0.05, 0) is 43.6 Å². The van der Waals surface area contributed by atoms with Gasteiger partial charge in [-0.3, -0.25) is 0 Å². The van der Waals surface area contributed by atoms with Gasteiger partial charge < -0.3 is 14.8 Å². The fourth-order valence-corrected chi connectivity index (χ4v) is 2.01. The third-order valence-corrected chi connectivity index (χ3v) is 3.17. The Labute approximate surface area is 103 Å². The van der Waals surface area contributed by atoms with Crippen molar-refractivity contribution >= 4 is 0 Å². The lowest BCUT2D eigenvalue weighted by atomic mass is 9.97. The van der Waals surface area contributed by atoms with E-state index < -0.39 is 0 Å². The van der Waals surface area contributed by atoms with Crippen LogP contribution in [0.5, 0.6) is 11.5 Å². The van der Waals surface area contributed by atoms with Crippen LogP contribution in [0.25, 0.3) is 0 Å². The van der Waals surface area contributed by atoms with Crippen LogP contribution in [0.2, 0.25) is 0 Å². The Balaban J connectivity index is 2.11. The normalized spacial score (nSPS) is 16.4. The molecule has 1 heterocycles. The Bertz CT molecular complexity index is 365. The average molecular weight is 235 g/mol. The lowest BCUT2D eigenvalue weighted by Crippen LogP contribution is -2.10. The molecule has 0 bridgehead atoms. The summed E-state index contributed by atoms with van der Waals surface area (Å²) in [5.41, 5.74) is 1.32. The zero-order valence-corrected chi connectivity index (χ0v) is 10.7. The molecule has 94 valence electrons. The van der Waals surface area contributed by atoms with Crippen molar-refractivity contribution in [2.24, 2.45) is 0 Å². The van der Waals surface area contributed by atoms with Crippen LogP contribution in [0.3, 0.4) is 0 Å². The molecule has 0 spiro atoms. The van der Waals surface area contributed by atoms with E-state index in [4.69, 9.17) is 9.47 Å². The highest BCUT2D eigenvalue weighted by Gasteiger charge is 2.13. The van der Waals surface area contributed by atoms with E-state index in [2.05, 4.69) is 24.4 Å². The molecular weight excluding hydrogens is 214 g/mol. The summed E-state index contributed by atoms with van der Waals surface area (Å²) < 4.78 is 11.3. The van der Waals surface area contributed by atoms with Gasteiger partial charge in [0.2, 0.25) is 0 Å². The predicted octanol–water partition coefficient (Wildman–Crippen LogP) is 2.56. The minimum absolute atomic E-state index is 0.541. The Morgan fingerprint density at radius 2 is 2.00 bits per heavy atom. The second-order valence-corrected chi connectivity index (χ2v) is 4.55. The molecule has 0 aromatic heterocycles. The Morgan fingerprint density at radius 1 is 1.24 bits per heavy atom. The quantitative estimate of drug-likeness (QED) is 0.870. The second kappa shape index (κ2) is 5.92. The number of ether oxygens (including phenoxy) is 2. The Hall–Kier alpha value is -1.22. The molecule has 3 heteroatoms. The number of benzene rings is 1. The van der Waals surface area contributed by atoms with Gasteiger partial charge in [0.15, 0.2) is 11.5 Å². The summed E-state index contributed by atoms with van der Waals surface area (Å²) in [5.74, 6) is 2.32. The van der Waals surface area contributed by atoms with Gasteiger partial charge in [-0.15, -0.1) is 0 Å². The van der Waals surface area contributed by atoms with E-state index in [1.807, 2.05) is 13.1 Å². The smallest absolute Gasteiger partial charge is 0.161 e. The molecular formula is C14H21NO2. The molecule has 0 aliphatic carbocycles. The molecule has 1 aromatic carbocycles. The molecule has 0 saturated heterocycles. The second-order valence-electron chi connectivity index (χ2n) is 4.55. The van der Waals surface area contributed by atoms with Gasteiger partial charge in [-0.25, -0.2) is 0 Å². The van der Waals surface area contributed by atoms with Crippen LogP contribution in [0.1, 0.15) is 31.2 Å². The number of hydrogen-bond acceptors (Lipinski definition) is 3. The minimum atomic E-state index is 0.541. The fraction of sp³-hybridized carbons (Fsp3) is 0.571. The van der Waals surface area contributed by atoms with Crippen molar-refractivity contribution in [3.05, 3.63) is 23.8 Å². The van der Waals surface area contributed by atoms with Crippen LogP contribution >= 0.6 is 0 Å². The molecule has 17 heavy (non-hydrogen) atoms. The van der Waals surface area contributed by atoms with Crippen LogP contribution in [-0.2, 0) is 0 Å². The summed E-state index contributed by atoms with van der Waals surface area (Å²) in [5, 5.41) is 3.18. The zero-order chi connectivity index (χ0) is 12.1. The topological polar surface area (TPSA) is 30.5 Å². The van der Waals surface area contributed by atoms with E-state index in [9.17, 15) is 0 Å². The standard InChI is InChI=1S/C14H21NO2/c1-11(6-7-15-2)12-4-5-13-14(10-12)17-9-3-8-16-13/h4-5,10-11,15H,3,6-9H2,1-2H3. The van der Waals surface area contributed by atoms with E-state index >= 15 is 0 Å². The lowest BCUT2D eigenvalue weighted by molar-refractivity contribution is 0.297. The molecule has 3 nitrogen and oxygen atoms in total. The first kappa shape index (κ1) is 12.2. The van der Waals surface area contributed by atoms with Crippen molar-refractivity contribution in [1.82, 2.24) is 5.32 Å². The molecule has 1 atom stereocenters.